The van der Waals surface area contributed by atoms with E-state index >= 15 is 0 Å². The second-order valence-electron chi connectivity index (χ2n) is 9.59. The summed E-state index contributed by atoms with van der Waals surface area (Å²) < 4.78 is 45.7. The van der Waals surface area contributed by atoms with Crippen LogP contribution < -0.4 is 16.4 Å². The first-order valence-electron chi connectivity index (χ1n) is 12.8. The van der Waals surface area contributed by atoms with Crippen LogP contribution in [-0.2, 0) is 32.1 Å². The van der Waals surface area contributed by atoms with Crippen molar-refractivity contribution >= 4 is 35.5 Å². The van der Waals surface area contributed by atoms with Crippen molar-refractivity contribution in [1.82, 2.24) is 20.2 Å². The molecular weight excluding hydrogens is 549 g/mol. The fraction of sp³-hybridized carbons (Fsp3) is 0.500. The molecule has 4 N–H and O–H groups in total. The molecular formula is C26H33F3N6O4S. The summed E-state index contributed by atoms with van der Waals surface area (Å²) in [6.07, 6.45) is 2.65. The number of anilines is 1. The molecule has 2 heterocycles. The molecule has 40 heavy (non-hydrogen) atoms. The lowest BCUT2D eigenvalue weighted by Gasteiger charge is -2.24. The lowest BCUT2D eigenvalue weighted by Crippen LogP contribution is -2.46. The Morgan fingerprint density at radius 2 is 1.82 bits per heavy atom. The van der Waals surface area contributed by atoms with Crippen molar-refractivity contribution in [2.75, 3.05) is 24.2 Å². The Labute approximate surface area is 234 Å². The fourth-order valence-corrected chi connectivity index (χ4v) is 5.19. The molecule has 0 spiro atoms. The monoisotopic (exact) mass is 582 g/mol. The molecule has 1 aromatic heterocycles. The number of nitrogens with one attached hydrogen (secondary N) is 2. The van der Waals surface area contributed by atoms with Crippen LogP contribution >= 0.6 is 11.8 Å². The number of amides is 2. The zero-order valence-electron chi connectivity index (χ0n) is 22.5. The minimum atomic E-state index is -1.30. The highest BCUT2D eigenvalue weighted by molar-refractivity contribution is 8.00. The van der Waals surface area contributed by atoms with Crippen LogP contribution in [0.5, 0.6) is 0 Å². The van der Waals surface area contributed by atoms with Crippen LogP contribution in [0.4, 0.5) is 19.1 Å². The normalized spacial score (nSPS) is 16.5. The van der Waals surface area contributed by atoms with Crippen molar-refractivity contribution in [2.45, 2.75) is 57.6 Å². The van der Waals surface area contributed by atoms with Gasteiger partial charge >= 0.3 is 5.97 Å². The summed E-state index contributed by atoms with van der Waals surface area (Å²) in [5, 5.41) is 4.94. The average Bonchev–Trinajstić information content (AvgIpc) is 3.40. The molecule has 1 aromatic carbocycles. The van der Waals surface area contributed by atoms with Crippen molar-refractivity contribution in [3.05, 3.63) is 53.1 Å². The predicted molar refractivity (Wildman–Crippen MR) is 143 cm³/mol. The Morgan fingerprint density at radius 1 is 1.15 bits per heavy atom. The van der Waals surface area contributed by atoms with E-state index in [1.54, 1.807) is 6.92 Å². The Morgan fingerprint density at radius 3 is 2.48 bits per heavy atom. The van der Waals surface area contributed by atoms with Crippen LogP contribution in [0.15, 0.2) is 24.5 Å². The number of thioether (sulfide) groups is 1. The highest BCUT2D eigenvalue weighted by Crippen LogP contribution is 2.25. The number of aromatic nitrogens is 2. The molecule has 10 nitrogen and oxygen atoms in total. The van der Waals surface area contributed by atoms with E-state index in [1.807, 2.05) is 13.8 Å². The molecule has 2 unspecified atom stereocenters. The highest BCUT2D eigenvalue weighted by Gasteiger charge is 2.35. The van der Waals surface area contributed by atoms with E-state index in [0.29, 0.717) is 23.9 Å². The molecule has 3 rings (SSSR count). The SMILES string of the molecule is CCOC(=O)C(Nc1ncc(CNC(=O)[C@@H]2SCCN2C(=O)CC(N)Cc2cc(F)c(F)cc2F)cn1)C(C)C. The number of halogens is 3. The quantitative estimate of drug-likeness (QED) is 0.254. The van der Waals surface area contributed by atoms with Crippen molar-refractivity contribution in [1.29, 1.82) is 0 Å². The summed E-state index contributed by atoms with van der Waals surface area (Å²) in [7, 11) is 0. The third-order valence-electron chi connectivity index (χ3n) is 6.11. The Hall–Kier alpha value is -3.39. The van der Waals surface area contributed by atoms with Gasteiger partial charge in [-0.2, -0.15) is 0 Å². The van der Waals surface area contributed by atoms with Crippen LogP contribution in [0.1, 0.15) is 38.3 Å². The first-order valence-corrected chi connectivity index (χ1v) is 13.9. The number of hydrogen-bond donors (Lipinski definition) is 3. The molecule has 0 aliphatic carbocycles. The van der Waals surface area contributed by atoms with E-state index in [0.717, 1.165) is 6.07 Å². The molecule has 1 aliphatic rings. The number of carbonyl (C=O) groups is 3. The standard InChI is InChI=1S/C26H33F3N6O4S/c1-4-39-25(38)22(14(2)3)34-26-32-12-15(13-33-26)11-31-23(37)24-35(5-6-40-24)21(36)9-17(30)7-16-8-19(28)20(29)10-18(16)27/h8,10,12-14,17,22,24H,4-7,9,11,30H2,1-3H3,(H,31,37)(H,32,33,34)/t17?,22?,24-/m0/s1. The van der Waals surface area contributed by atoms with Crippen molar-refractivity contribution < 1.29 is 32.3 Å². The second-order valence-corrected chi connectivity index (χ2v) is 10.8. The second kappa shape index (κ2) is 14.3. The molecule has 2 amide bonds. The average molecular weight is 583 g/mol. The molecule has 0 radical (unpaired) electrons. The molecule has 2 aromatic rings. The molecule has 3 atom stereocenters. The van der Waals surface area contributed by atoms with Crippen molar-refractivity contribution in [3.8, 4) is 0 Å². The number of ether oxygens (including phenoxy) is 1. The lowest BCUT2D eigenvalue weighted by molar-refractivity contribution is -0.145. The van der Waals surface area contributed by atoms with Gasteiger partial charge in [-0.25, -0.2) is 27.9 Å². The van der Waals surface area contributed by atoms with Gasteiger partial charge < -0.3 is 26.0 Å². The minimum absolute atomic E-state index is 0.0576. The Balaban J connectivity index is 1.52. The maximum atomic E-state index is 13.9. The van der Waals surface area contributed by atoms with Gasteiger partial charge in [-0.1, -0.05) is 13.8 Å². The number of esters is 1. The van der Waals surface area contributed by atoms with Crippen molar-refractivity contribution in [3.63, 3.8) is 0 Å². The Kier molecular flexibility index (Phi) is 11.1. The largest absolute Gasteiger partial charge is 0.464 e. The van der Waals surface area contributed by atoms with Gasteiger partial charge in [-0.05, 0) is 30.9 Å². The van der Waals surface area contributed by atoms with Gasteiger partial charge in [0.2, 0.25) is 11.9 Å². The van der Waals surface area contributed by atoms with Gasteiger partial charge in [0.15, 0.2) is 17.0 Å². The summed E-state index contributed by atoms with van der Waals surface area (Å²) in [4.78, 5) is 47.7. The summed E-state index contributed by atoms with van der Waals surface area (Å²) in [6.45, 7) is 6.16. The molecule has 14 heteroatoms. The van der Waals surface area contributed by atoms with Crippen LogP contribution in [0, 0.1) is 23.4 Å². The minimum Gasteiger partial charge on any atom is -0.464 e. The van der Waals surface area contributed by atoms with Gasteiger partial charge in [-0.15, -0.1) is 11.8 Å². The predicted octanol–water partition coefficient (Wildman–Crippen LogP) is 2.37. The maximum absolute atomic E-state index is 13.9. The number of hydrogen-bond acceptors (Lipinski definition) is 9. The summed E-state index contributed by atoms with van der Waals surface area (Å²) in [5.41, 5.74) is 6.47. The molecule has 1 aliphatic heterocycles. The van der Waals surface area contributed by atoms with Crippen LogP contribution in [0.3, 0.4) is 0 Å². The number of carbonyl (C=O) groups excluding carboxylic acids is 3. The van der Waals surface area contributed by atoms with Crippen LogP contribution in [-0.4, -0.2) is 69.0 Å². The highest BCUT2D eigenvalue weighted by atomic mass is 32.2. The van der Waals surface area contributed by atoms with E-state index in [4.69, 9.17) is 10.5 Å². The molecule has 0 saturated carbocycles. The third-order valence-corrected chi connectivity index (χ3v) is 7.31. The zero-order chi connectivity index (χ0) is 29.4. The van der Waals surface area contributed by atoms with Crippen molar-refractivity contribution in [2.24, 2.45) is 11.7 Å². The van der Waals surface area contributed by atoms with E-state index in [1.165, 1.54) is 29.1 Å². The number of rotatable bonds is 12. The van der Waals surface area contributed by atoms with Gasteiger partial charge in [-0.3, -0.25) is 9.59 Å². The number of nitrogens with zero attached hydrogens (tertiary/aromatic N) is 3. The number of nitrogens with two attached hydrogens (primary N) is 1. The van der Waals surface area contributed by atoms with Crippen LogP contribution in [0.2, 0.25) is 0 Å². The molecule has 1 fully saturated rings. The summed E-state index contributed by atoms with van der Waals surface area (Å²) in [6, 6.07) is -0.300. The Bertz CT molecular complexity index is 1200. The molecule has 1 saturated heterocycles. The van der Waals surface area contributed by atoms with E-state index in [2.05, 4.69) is 20.6 Å². The molecule has 218 valence electrons. The van der Waals surface area contributed by atoms with E-state index in [9.17, 15) is 27.6 Å². The lowest BCUT2D eigenvalue weighted by atomic mass is 10.0. The zero-order valence-corrected chi connectivity index (χ0v) is 23.3. The van der Waals surface area contributed by atoms with Crippen LogP contribution in [0.25, 0.3) is 0 Å². The smallest absolute Gasteiger partial charge is 0.328 e. The summed E-state index contributed by atoms with van der Waals surface area (Å²) >= 11 is 1.29. The topological polar surface area (TPSA) is 140 Å². The first kappa shape index (κ1) is 31.1. The van der Waals surface area contributed by atoms with Gasteiger partial charge in [0, 0.05) is 55.3 Å². The number of benzene rings is 1. The van der Waals surface area contributed by atoms with Gasteiger partial charge in [0.05, 0.1) is 6.61 Å². The third kappa shape index (κ3) is 8.31. The van der Waals surface area contributed by atoms with Gasteiger partial charge in [0.25, 0.3) is 5.91 Å². The van der Waals surface area contributed by atoms with E-state index in [-0.39, 0.29) is 49.3 Å². The molecule has 0 bridgehead atoms. The first-order chi connectivity index (χ1) is 19.0. The fourth-order valence-electron chi connectivity index (χ4n) is 4.02. The summed E-state index contributed by atoms with van der Waals surface area (Å²) in [5.74, 6) is -3.91. The maximum Gasteiger partial charge on any atom is 0.328 e. The van der Waals surface area contributed by atoms with E-state index < -0.39 is 46.8 Å². The van der Waals surface area contributed by atoms with Gasteiger partial charge in [0.1, 0.15) is 11.9 Å².